The first-order valence-corrected chi connectivity index (χ1v) is 39.7. The highest BCUT2D eigenvalue weighted by Crippen LogP contribution is 2.37. The lowest BCUT2D eigenvalue weighted by atomic mass is 9.89. The Labute approximate surface area is 679 Å². The Hall–Kier alpha value is -9.01. The van der Waals surface area contributed by atoms with Gasteiger partial charge in [-0.3, -0.25) is 48.7 Å². The monoisotopic (exact) mass is 1630 g/mol. The average molecular weight is 1630 g/mol. The van der Waals surface area contributed by atoms with Gasteiger partial charge in [-0.1, -0.05) is 105 Å². The number of hydrazine groups is 1. The Morgan fingerprint density at radius 1 is 0.733 bits per heavy atom. The van der Waals surface area contributed by atoms with Gasteiger partial charge in [-0.15, -0.1) is 0 Å². The number of hydrogen-bond donors (Lipinski definition) is 12. The molecule has 116 heavy (non-hydrogen) atoms. The molecule has 2 aromatic heterocycles. The van der Waals surface area contributed by atoms with Crippen LogP contribution in [0.1, 0.15) is 138 Å². The van der Waals surface area contributed by atoms with E-state index in [4.69, 9.17) is 33.2 Å². The van der Waals surface area contributed by atoms with Gasteiger partial charge in [0.15, 0.2) is 6.10 Å². The zero-order chi connectivity index (χ0) is 86.0. The van der Waals surface area contributed by atoms with Crippen molar-refractivity contribution in [2.24, 2.45) is 29.6 Å². The van der Waals surface area contributed by atoms with Gasteiger partial charge in [-0.25, -0.2) is 19.6 Å². The van der Waals surface area contributed by atoms with E-state index in [-0.39, 0.29) is 87.1 Å². The number of amides is 9. The summed E-state index contributed by atoms with van der Waals surface area (Å²) >= 11 is 0. The topological polar surface area (TPSA) is 451 Å². The quantitative estimate of drug-likeness (QED) is 0.0223. The van der Waals surface area contributed by atoms with Crippen LogP contribution in [0.25, 0.3) is 11.0 Å². The number of aliphatic hydroxyl groups is 4. The number of likely N-dealkylation sites (N-methyl/N-ethyl adjacent to an activating group) is 2. The highest BCUT2D eigenvalue weighted by molar-refractivity contribution is 5.99. The van der Waals surface area contributed by atoms with Crippen molar-refractivity contribution >= 4 is 76.0 Å². The van der Waals surface area contributed by atoms with Crippen LogP contribution in [0.4, 0.5) is 10.5 Å². The van der Waals surface area contributed by atoms with Gasteiger partial charge in [-0.05, 0) is 98.9 Å². The number of anilines is 1. The molecule has 2 aromatic carbocycles. The van der Waals surface area contributed by atoms with Crippen LogP contribution in [-0.4, -0.2) is 281 Å². The van der Waals surface area contributed by atoms with E-state index in [0.29, 0.717) is 44.5 Å². The van der Waals surface area contributed by atoms with E-state index in [1.54, 1.807) is 97.8 Å². The summed E-state index contributed by atoms with van der Waals surface area (Å²) in [5, 5.41) is 73.1. The summed E-state index contributed by atoms with van der Waals surface area (Å²) in [6.45, 7) is 19.6. The van der Waals surface area contributed by atoms with Gasteiger partial charge >= 0.3 is 17.8 Å². The first-order chi connectivity index (χ1) is 55.0. The average Bonchev–Trinajstić information content (AvgIpc) is 1.29. The lowest BCUT2D eigenvalue weighted by Gasteiger charge is -2.41. The van der Waals surface area contributed by atoms with Gasteiger partial charge in [-0.2, -0.15) is 0 Å². The number of likely N-dealkylation sites (tertiary alicyclic amines) is 1. The second-order valence-corrected chi connectivity index (χ2v) is 30.9. The number of carboxylic acid groups (broad SMARTS) is 1. The number of ether oxygens (including phenoxy) is 7. The third-order valence-electron chi connectivity index (χ3n) is 21.4. The van der Waals surface area contributed by atoms with Crippen molar-refractivity contribution in [3.63, 3.8) is 0 Å². The smallest absolute Gasteiger partial charge is 0.410 e. The Morgan fingerprint density at radius 3 is 2.04 bits per heavy atom. The molecular weight excluding hydrogens is 1510 g/mol. The molecule has 2 saturated heterocycles. The number of carbonyl (C=O) groups excluding carboxylic acids is 9. The Morgan fingerprint density at radius 2 is 1.41 bits per heavy atom. The molecular formula is C81H125N13O22. The molecule has 9 amide bonds. The molecule has 4 aromatic rings. The number of fused-ring (bicyclic) bond motifs is 1. The fraction of sp³-hybridized carbons (Fsp3) is 0.642. The predicted molar refractivity (Wildman–Crippen MR) is 427 cm³/mol. The maximum atomic E-state index is 15.0. The summed E-state index contributed by atoms with van der Waals surface area (Å²) in [7, 11) is 9.61. The molecule has 2 aliphatic rings. The number of aliphatic hydroxyl groups excluding tert-OH is 4. The SMILES string of the molecule is CC[C@H](C)[C@@H]([C@@H](CC(=O)N1CCC[C@H]1[C@H](OC)[C@@H](C)C(=O)N[C@H](C)[C@@H](O)c1ccccc1)OC)N(C)C(=O)[C@@H](NC(=O)[C@H](C(C)C)N(C)C(=O)OCc1ccc(NC(=O)[C@H](C)NC(=O)[C@@H](NC(=O)CCOCCOCCNC(=O)CCn2c(CN(C)NC)cc3cccnc32)C(C)C)c(OC2(C(=O)O)OCC(O)C(O)C2O)c1)C(C)C. The fourth-order valence-corrected chi connectivity index (χ4v) is 14.4. The van der Waals surface area contributed by atoms with E-state index in [1.807, 2.05) is 55.7 Å². The second-order valence-electron chi connectivity index (χ2n) is 30.9. The van der Waals surface area contributed by atoms with Crippen LogP contribution >= 0.6 is 0 Å². The normalized spacial score (nSPS) is 19.8. The van der Waals surface area contributed by atoms with Crippen molar-refractivity contribution < 1.29 is 107 Å². The third-order valence-corrected chi connectivity index (χ3v) is 21.4. The molecule has 35 nitrogen and oxygen atoms in total. The van der Waals surface area contributed by atoms with Crippen LogP contribution in [0.5, 0.6) is 5.75 Å². The van der Waals surface area contributed by atoms with E-state index in [2.05, 4.69) is 48.4 Å². The number of aryl methyl sites for hydroxylation is 1. The summed E-state index contributed by atoms with van der Waals surface area (Å²) in [5.74, 6) is -12.4. The summed E-state index contributed by atoms with van der Waals surface area (Å²) in [4.78, 5) is 148. The van der Waals surface area contributed by atoms with Crippen LogP contribution in [0.3, 0.4) is 0 Å². The lowest BCUT2D eigenvalue weighted by Crippen LogP contribution is -2.67. The molecule has 35 heteroatoms. The predicted octanol–water partition coefficient (Wildman–Crippen LogP) is 2.98. The van der Waals surface area contributed by atoms with Gasteiger partial charge in [0.2, 0.25) is 47.3 Å². The number of nitrogens with one attached hydrogen (secondary N) is 7. The van der Waals surface area contributed by atoms with Crippen LogP contribution < -0.4 is 42.1 Å². The Kier molecular flexibility index (Phi) is 37.7. The van der Waals surface area contributed by atoms with Crippen molar-refractivity contribution in [1.29, 1.82) is 0 Å². The number of carbonyl (C=O) groups is 10. The number of carboxylic acids is 1. The first-order valence-electron chi connectivity index (χ1n) is 39.7. The fourth-order valence-electron chi connectivity index (χ4n) is 14.4. The molecule has 646 valence electrons. The Balaban J connectivity index is 1.05. The molecule has 4 heterocycles. The van der Waals surface area contributed by atoms with Gasteiger partial charge in [0, 0.05) is 85.1 Å². The molecule has 2 aliphatic heterocycles. The second kappa shape index (κ2) is 45.6. The van der Waals surface area contributed by atoms with E-state index in [1.165, 1.54) is 45.2 Å². The van der Waals surface area contributed by atoms with Crippen LogP contribution in [0, 0.1) is 29.6 Å². The van der Waals surface area contributed by atoms with Crippen molar-refractivity contribution in [3.8, 4) is 5.75 Å². The molecule has 12 N–H and O–H groups in total. The number of nitrogens with zero attached hydrogens (tertiary/aromatic N) is 6. The number of aromatic nitrogens is 2. The molecule has 6 rings (SSSR count). The summed E-state index contributed by atoms with van der Waals surface area (Å²) in [6, 6.07) is 11.8. The molecule has 0 saturated carbocycles. The van der Waals surface area contributed by atoms with Gasteiger partial charge < -0.3 is 105 Å². The Bertz CT molecular complexity index is 3890. The number of benzene rings is 2. The number of aliphatic carboxylic acids is 1. The maximum absolute atomic E-state index is 15.0. The molecule has 0 spiro atoms. The zero-order valence-electron chi connectivity index (χ0n) is 70.0. The molecule has 0 radical (unpaired) electrons. The van der Waals surface area contributed by atoms with Crippen molar-refractivity contribution in [3.05, 3.63) is 89.7 Å². The van der Waals surface area contributed by atoms with Crippen molar-refractivity contribution in [1.82, 2.24) is 61.3 Å². The van der Waals surface area contributed by atoms with Crippen LogP contribution in [0.15, 0.2) is 72.9 Å². The third kappa shape index (κ3) is 25.7. The highest BCUT2D eigenvalue weighted by atomic mass is 16.7. The lowest BCUT2D eigenvalue weighted by molar-refractivity contribution is -0.300. The molecule has 4 unspecified atom stereocenters. The summed E-state index contributed by atoms with van der Waals surface area (Å²) < 4.78 is 42.3. The first kappa shape index (κ1) is 95.8. The molecule has 0 bridgehead atoms. The number of pyridine rings is 1. The van der Waals surface area contributed by atoms with Crippen LogP contribution in [0.2, 0.25) is 0 Å². The molecule has 0 aliphatic carbocycles. The number of methoxy groups -OCH3 is 2. The van der Waals surface area contributed by atoms with Gasteiger partial charge in [0.25, 0.3) is 0 Å². The van der Waals surface area contributed by atoms with Crippen LogP contribution in [-0.2, 0) is 91.3 Å². The minimum Gasteiger partial charge on any atom is -0.476 e. The number of rotatable bonds is 46. The minimum absolute atomic E-state index is 0.0263. The van der Waals surface area contributed by atoms with Gasteiger partial charge in [0.1, 0.15) is 54.4 Å². The van der Waals surface area contributed by atoms with E-state index in [0.717, 1.165) is 27.7 Å². The largest absolute Gasteiger partial charge is 0.476 e. The number of hydrogen-bond acceptors (Lipinski definition) is 24. The minimum atomic E-state index is -3.11. The van der Waals surface area contributed by atoms with E-state index in [9.17, 15) is 73.5 Å². The summed E-state index contributed by atoms with van der Waals surface area (Å²) in [5.41, 5.74) is 5.31. The van der Waals surface area contributed by atoms with E-state index < -0.39 is 169 Å². The maximum Gasteiger partial charge on any atom is 0.410 e. The van der Waals surface area contributed by atoms with Crippen molar-refractivity contribution in [2.75, 3.05) is 93.9 Å². The zero-order valence-corrected chi connectivity index (χ0v) is 70.0. The highest BCUT2D eigenvalue weighted by Gasteiger charge is 2.58. The standard InChI is InChI=1S/C81H125N13O22/c1-18-49(8)68(61(110-16)42-64(98)94-34-23-27-58(94)71(111-17)50(9)74(102)85-51(10)69(99)54-24-20-19-21-25-54)91(14)78(106)66(47(4)5)89-77(105)67(48(6)7)92(15)80(109)114-44-53-28-29-57(60(40-53)116-81(79(107)108)72(101)70(100)59(95)45-115-81)87-75(103)52(11)86-76(104)65(46(2)3)88-63(97)31-36-112-38-39-113-37-33-83-62(96)30-35-93-56(43-90(13)82-12)41-55-26-22-32-84-73(55)93/h19-22,24-26,28-29,32,40-41,46-52,58-59,61,65-72,82,95,99-101H,18,23,27,30-31,33-39,42-45H2,1-17H3,(H,83,96)(H,85,102)(H,86,104)(H,87,103)(H,88,97)(H,89,105)(H,107,108)/t49-,50+,51+,52-,58-,59?,61+,65-,66-,67-,68-,69+,70?,71+,72?,81?/m0/s1. The van der Waals surface area contributed by atoms with Crippen molar-refractivity contribution in [2.45, 2.75) is 219 Å². The van der Waals surface area contributed by atoms with Gasteiger partial charge in [0.05, 0.1) is 94.0 Å². The summed E-state index contributed by atoms with van der Waals surface area (Å²) in [6.07, 6.45) is -6.44. The molecule has 16 atom stereocenters. The van der Waals surface area contributed by atoms with E-state index >= 15 is 0 Å². The molecule has 2 fully saturated rings.